The quantitative estimate of drug-likeness (QED) is 0.804. The number of fused-ring (bicyclic) bond motifs is 1. The second kappa shape index (κ2) is 7.83. The first kappa shape index (κ1) is 19.0. The molecule has 2 aromatic rings. The Kier molecular flexibility index (Phi) is 5.50. The van der Waals surface area contributed by atoms with Gasteiger partial charge in [-0.05, 0) is 24.3 Å². The number of nitrogens with zero attached hydrogens (tertiary/aromatic N) is 1. The lowest BCUT2D eigenvalue weighted by atomic mass is 10.2. The number of carbonyl (C=O) groups excluding carboxylic acids is 1. The van der Waals surface area contributed by atoms with E-state index in [9.17, 15) is 17.6 Å². The number of ether oxygens (including phenoxy) is 2. The molecule has 2 aromatic carbocycles. The molecule has 1 aliphatic rings. The van der Waals surface area contributed by atoms with E-state index in [1.807, 2.05) is 12.1 Å². The van der Waals surface area contributed by atoms with Gasteiger partial charge in [0.1, 0.15) is 25.1 Å². The van der Waals surface area contributed by atoms with E-state index in [2.05, 4.69) is 5.32 Å². The molecule has 1 N–H and O–H groups in total. The van der Waals surface area contributed by atoms with Gasteiger partial charge in [0.15, 0.2) is 11.5 Å². The van der Waals surface area contributed by atoms with E-state index < -0.39 is 34.4 Å². The number of hydrogen-bond acceptors (Lipinski definition) is 5. The third kappa shape index (κ3) is 4.68. The Balaban J connectivity index is 1.62. The average molecular weight is 394 g/mol. The topological polar surface area (TPSA) is 84.9 Å². The van der Waals surface area contributed by atoms with Crippen LogP contribution in [-0.2, 0) is 14.8 Å². The van der Waals surface area contributed by atoms with Crippen molar-refractivity contribution in [3.8, 4) is 11.5 Å². The molecule has 3 rings (SSSR count). The zero-order chi connectivity index (χ0) is 19.4. The van der Waals surface area contributed by atoms with Gasteiger partial charge in [0.25, 0.3) is 0 Å². The molecule has 144 valence electrons. The molecule has 0 radical (unpaired) electrons. The van der Waals surface area contributed by atoms with Gasteiger partial charge in [0, 0.05) is 0 Å². The van der Waals surface area contributed by atoms with E-state index in [1.54, 1.807) is 12.1 Å². The van der Waals surface area contributed by atoms with E-state index in [0.29, 0.717) is 11.5 Å². The van der Waals surface area contributed by atoms with E-state index in [0.717, 1.165) is 16.6 Å². The highest BCUT2D eigenvalue weighted by molar-refractivity contribution is 7.92. The number of carbonyl (C=O) groups is 1. The molecule has 1 heterocycles. The summed E-state index contributed by atoms with van der Waals surface area (Å²) in [6, 6.07) is 12.6. The van der Waals surface area contributed by atoms with Gasteiger partial charge >= 0.3 is 0 Å². The Morgan fingerprint density at radius 2 is 1.85 bits per heavy atom. The van der Waals surface area contributed by atoms with Crippen LogP contribution < -0.4 is 19.1 Å². The first-order chi connectivity index (χ1) is 12.8. The number of halogens is 1. The summed E-state index contributed by atoms with van der Waals surface area (Å²) in [4.78, 5) is 12.2. The van der Waals surface area contributed by atoms with Gasteiger partial charge in [-0.2, -0.15) is 0 Å². The van der Waals surface area contributed by atoms with Crippen LogP contribution in [-0.4, -0.2) is 46.4 Å². The molecular weight excluding hydrogens is 375 g/mol. The number of hydrogen-bond donors (Lipinski definition) is 1. The molecular formula is C18H19FN2O5S. The summed E-state index contributed by atoms with van der Waals surface area (Å²) in [7, 11) is -3.84. The number of nitrogens with one attached hydrogen (secondary N) is 1. The van der Waals surface area contributed by atoms with Crippen LogP contribution in [0.5, 0.6) is 11.5 Å². The van der Waals surface area contributed by atoms with Crippen LogP contribution in [0.1, 0.15) is 0 Å². The molecule has 0 saturated heterocycles. The highest BCUT2D eigenvalue weighted by Crippen LogP contribution is 2.30. The van der Waals surface area contributed by atoms with Gasteiger partial charge in [-0.3, -0.25) is 9.10 Å². The van der Waals surface area contributed by atoms with Crippen molar-refractivity contribution in [3.63, 3.8) is 0 Å². The Labute approximate surface area is 156 Å². The molecule has 1 aliphatic heterocycles. The summed E-state index contributed by atoms with van der Waals surface area (Å²) in [5, 5.41) is 2.60. The third-order valence-corrected chi connectivity index (χ3v) is 5.03. The summed E-state index contributed by atoms with van der Waals surface area (Å²) in [5.74, 6) is -0.0996. The van der Waals surface area contributed by atoms with Gasteiger partial charge < -0.3 is 14.8 Å². The van der Waals surface area contributed by atoms with E-state index in [-0.39, 0.29) is 18.8 Å². The first-order valence-electron chi connectivity index (χ1n) is 8.22. The van der Waals surface area contributed by atoms with Crippen LogP contribution in [0.3, 0.4) is 0 Å². The van der Waals surface area contributed by atoms with Crippen molar-refractivity contribution < 1.29 is 27.1 Å². The maximum absolute atomic E-state index is 14.0. The molecule has 9 heteroatoms. The maximum Gasteiger partial charge on any atom is 0.240 e. The minimum absolute atomic E-state index is 0.127. The first-order valence-corrected chi connectivity index (χ1v) is 10.1. The lowest BCUT2D eigenvalue weighted by molar-refractivity contribution is -0.120. The second-order valence-corrected chi connectivity index (χ2v) is 7.93. The Morgan fingerprint density at radius 1 is 1.19 bits per heavy atom. The number of benzene rings is 2. The highest BCUT2D eigenvalue weighted by Gasteiger charge is 2.25. The molecule has 1 atom stereocenters. The van der Waals surface area contributed by atoms with Crippen LogP contribution in [0, 0.1) is 5.82 Å². The second-order valence-electron chi connectivity index (χ2n) is 6.02. The fourth-order valence-corrected chi connectivity index (χ4v) is 3.47. The Bertz CT molecular complexity index is 935. The molecule has 0 spiro atoms. The maximum atomic E-state index is 14.0. The van der Waals surface area contributed by atoms with Crippen molar-refractivity contribution in [1.29, 1.82) is 0 Å². The van der Waals surface area contributed by atoms with Crippen molar-refractivity contribution in [1.82, 2.24) is 5.32 Å². The molecule has 1 amide bonds. The summed E-state index contributed by atoms with van der Waals surface area (Å²) in [5.41, 5.74) is -0.179. The standard InChI is InChI=1S/C18H19FN2O5S/c1-27(23,24)21(15-7-3-2-6-14(15)19)11-18(22)20-10-13-12-25-16-8-4-5-9-17(16)26-13/h2-9,13H,10-12H2,1H3,(H,20,22)/t13-/m1/s1. The minimum Gasteiger partial charge on any atom is -0.486 e. The minimum atomic E-state index is -3.84. The van der Waals surface area contributed by atoms with Crippen LogP contribution >= 0.6 is 0 Å². The van der Waals surface area contributed by atoms with Crippen molar-refractivity contribution in [2.24, 2.45) is 0 Å². The molecule has 0 fully saturated rings. The van der Waals surface area contributed by atoms with Crippen molar-refractivity contribution in [2.75, 3.05) is 30.3 Å². The van der Waals surface area contributed by atoms with Crippen LogP contribution in [0.25, 0.3) is 0 Å². The number of rotatable bonds is 6. The summed E-state index contributed by atoms with van der Waals surface area (Å²) < 4.78 is 50.0. The Morgan fingerprint density at radius 3 is 2.56 bits per heavy atom. The van der Waals surface area contributed by atoms with Gasteiger partial charge in [-0.25, -0.2) is 12.8 Å². The molecule has 7 nitrogen and oxygen atoms in total. The summed E-state index contributed by atoms with van der Waals surface area (Å²) in [6.45, 7) is -0.160. The van der Waals surface area contributed by atoms with Crippen molar-refractivity contribution >= 4 is 21.6 Å². The zero-order valence-electron chi connectivity index (χ0n) is 14.6. The normalized spacial score (nSPS) is 15.9. The largest absolute Gasteiger partial charge is 0.486 e. The third-order valence-electron chi connectivity index (χ3n) is 3.90. The molecule has 0 bridgehead atoms. The van der Waals surface area contributed by atoms with Gasteiger partial charge in [0.2, 0.25) is 15.9 Å². The predicted octanol–water partition coefficient (Wildman–Crippen LogP) is 1.55. The fraction of sp³-hybridized carbons (Fsp3) is 0.278. The van der Waals surface area contributed by atoms with Gasteiger partial charge in [-0.1, -0.05) is 24.3 Å². The van der Waals surface area contributed by atoms with E-state index >= 15 is 0 Å². The van der Waals surface area contributed by atoms with Crippen molar-refractivity contribution in [2.45, 2.75) is 6.10 Å². The molecule has 0 saturated carbocycles. The fourth-order valence-electron chi connectivity index (χ4n) is 2.61. The average Bonchev–Trinajstić information content (AvgIpc) is 2.64. The van der Waals surface area contributed by atoms with Gasteiger partial charge in [-0.15, -0.1) is 0 Å². The van der Waals surface area contributed by atoms with E-state index in [4.69, 9.17) is 9.47 Å². The monoisotopic (exact) mass is 394 g/mol. The van der Waals surface area contributed by atoms with Crippen LogP contribution in [0.15, 0.2) is 48.5 Å². The number of anilines is 1. The number of sulfonamides is 1. The molecule has 0 aliphatic carbocycles. The van der Waals surface area contributed by atoms with Crippen LogP contribution in [0.2, 0.25) is 0 Å². The summed E-state index contributed by atoms with van der Waals surface area (Å²) in [6.07, 6.45) is 0.505. The smallest absolute Gasteiger partial charge is 0.240 e. The van der Waals surface area contributed by atoms with Gasteiger partial charge in [0.05, 0.1) is 18.5 Å². The summed E-state index contributed by atoms with van der Waals surface area (Å²) >= 11 is 0. The lowest BCUT2D eigenvalue weighted by Crippen LogP contribution is -2.45. The van der Waals surface area contributed by atoms with E-state index in [1.165, 1.54) is 18.2 Å². The lowest BCUT2D eigenvalue weighted by Gasteiger charge is -2.27. The SMILES string of the molecule is CS(=O)(=O)N(CC(=O)NC[C@@H]1COc2ccccc2O1)c1ccccc1F. The molecule has 27 heavy (non-hydrogen) atoms. The number of amides is 1. The zero-order valence-corrected chi connectivity index (χ0v) is 15.4. The van der Waals surface area contributed by atoms with Crippen molar-refractivity contribution in [3.05, 3.63) is 54.3 Å². The Hall–Kier alpha value is -2.81. The predicted molar refractivity (Wildman–Crippen MR) is 98.0 cm³/mol. The highest BCUT2D eigenvalue weighted by atomic mass is 32.2. The molecule has 0 aromatic heterocycles. The number of para-hydroxylation sites is 3. The molecule has 0 unspecified atom stereocenters. The van der Waals surface area contributed by atoms with Crippen LogP contribution in [0.4, 0.5) is 10.1 Å².